The quantitative estimate of drug-likeness (QED) is 0.385. The number of ether oxygens (including phenoxy) is 1. The summed E-state index contributed by atoms with van der Waals surface area (Å²) in [6, 6.07) is -0.112. The fraction of sp³-hybridized carbons (Fsp3) is 0.636. The molecule has 112 valence electrons. The van der Waals surface area contributed by atoms with Gasteiger partial charge >= 0.3 is 5.69 Å². The smallest absolute Gasteiger partial charge is 0.332 e. The van der Waals surface area contributed by atoms with E-state index >= 15 is 0 Å². The van der Waals surface area contributed by atoms with Crippen LogP contribution in [0.3, 0.4) is 0 Å². The van der Waals surface area contributed by atoms with E-state index in [0.29, 0.717) is 6.61 Å². The maximum Gasteiger partial charge on any atom is 0.332 e. The van der Waals surface area contributed by atoms with Crippen LogP contribution in [-0.4, -0.2) is 34.6 Å². The first-order valence-electron chi connectivity index (χ1n) is 6.15. The molecule has 0 fully saturated rings. The van der Waals surface area contributed by atoms with Crippen LogP contribution >= 0.6 is 0 Å². The van der Waals surface area contributed by atoms with Gasteiger partial charge in [0.2, 0.25) is 11.8 Å². The molecule has 1 unspecified atom stereocenters. The molecular formula is C11H20N6O3. The lowest BCUT2D eigenvalue weighted by molar-refractivity contribution is -0.385. The number of anilines is 2. The molecule has 4 N–H and O–H groups in total. The van der Waals surface area contributed by atoms with Crippen molar-refractivity contribution in [3.63, 3.8) is 0 Å². The number of hydrazine groups is 1. The minimum Gasteiger partial charge on any atom is -0.383 e. The molecule has 0 saturated carbocycles. The zero-order valence-corrected chi connectivity index (χ0v) is 12.0. The highest BCUT2D eigenvalue weighted by Crippen LogP contribution is 2.27. The van der Waals surface area contributed by atoms with Gasteiger partial charge in [-0.1, -0.05) is 13.8 Å². The molecule has 9 nitrogen and oxygen atoms in total. The fourth-order valence-electron chi connectivity index (χ4n) is 1.71. The fourth-order valence-corrected chi connectivity index (χ4v) is 1.71. The van der Waals surface area contributed by atoms with E-state index in [0.717, 1.165) is 0 Å². The van der Waals surface area contributed by atoms with E-state index < -0.39 is 4.92 Å². The summed E-state index contributed by atoms with van der Waals surface area (Å²) in [7, 11) is 1.57. The highest BCUT2D eigenvalue weighted by molar-refractivity contribution is 5.61. The summed E-state index contributed by atoms with van der Waals surface area (Å²) in [6.07, 6.45) is 0. The van der Waals surface area contributed by atoms with E-state index in [2.05, 4.69) is 20.7 Å². The minimum absolute atomic E-state index is 0.112. The first-order chi connectivity index (χ1) is 9.40. The molecule has 1 aromatic heterocycles. The lowest BCUT2D eigenvalue weighted by Crippen LogP contribution is -2.31. The van der Waals surface area contributed by atoms with Gasteiger partial charge in [-0.15, -0.1) is 0 Å². The van der Waals surface area contributed by atoms with Crippen molar-refractivity contribution in [3.05, 3.63) is 15.8 Å². The van der Waals surface area contributed by atoms with E-state index in [1.54, 1.807) is 7.11 Å². The number of rotatable bonds is 7. The molecule has 0 radical (unpaired) electrons. The van der Waals surface area contributed by atoms with Gasteiger partial charge in [0.1, 0.15) is 5.69 Å². The number of methoxy groups -OCH3 is 1. The largest absolute Gasteiger partial charge is 0.383 e. The summed E-state index contributed by atoms with van der Waals surface area (Å²) in [4.78, 5) is 18.6. The molecule has 9 heteroatoms. The summed E-state index contributed by atoms with van der Waals surface area (Å²) >= 11 is 0. The van der Waals surface area contributed by atoms with Crippen LogP contribution in [0.25, 0.3) is 0 Å². The third-order valence-corrected chi connectivity index (χ3v) is 2.84. The SMILES string of the molecule is COCC(Nc1nc(NN)nc(C)c1[N+](=O)[O-])C(C)C. The predicted molar refractivity (Wildman–Crippen MR) is 75.4 cm³/mol. The number of hydrogen-bond donors (Lipinski definition) is 3. The van der Waals surface area contributed by atoms with Crippen molar-refractivity contribution >= 4 is 17.5 Å². The summed E-state index contributed by atoms with van der Waals surface area (Å²) in [5.41, 5.74) is 2.37. The monoisotopic (exact) mass is 284 g/mol. The summed E-state index contributed by atoms with van der Waals surface area (Å²) in [6.45, 7) is 5.91. The van der Waals surface area contributed by atoms with Crippen LogP contribution in [0.4, 0.5) is 17.5 Å². The minimum atomic E-state index is -0.512. The van der Waals surface area contributed by atoms with Gasteiger partial charge in [-0.3, -0.25) is 15.5 Å². The van der Waals surface area contributed by atoms with Crippen LogP contribution < -0.4 is 16.6 Å². The van der Waals surface area contributed by atoms with E-state index in [4.69, 9.17) is 10.6 Å². The van der Waals surface area contributed by atoms with E-state index in [1.165, 1.54) is 6.92 Å². The second-order valence-corrected chi connectivity index (χ2v) is 4.68. The normalized spacial score (nSPS) is 12.3. The molecule has 1 atom stereocenters. The number of hydrogen-bond acceptors (Lipinski definition) is 8. The third kappa shape index (κ3) is 3.75. The topological polar surface area (TPSA) is 128 Å². The molecular weight excluding hydrogens is 264 g/mol. The number of nitrogen functional groups attached to an aromatic ring is 1. The highest BCUT2D eigenvalue weighted by Gasteiger charge is 2.25. The Bertz CT molecular complexity index is 479. The number of nitrogens with zero attached hydrogens (tertiary/aromatic N) is 3. The Hall–Kier alpha value is -2.00. The van der Waals surface area contributed by atoms with Crippen molar-refractivity contribution in [1.82, 2.24) is 9.97 Å². The first-order valence-corrected chi connectivity index (χ1v) is 6.15. The Kier molecular flexibility index (Phi) is 5.59. The second-order valence-electron chi connectivity index (χ2n) is 4.68. The molecule has 0 spiro atoms. The number of nitro groups is 1. The van der Waals surface area contributed by atoms with Crippen molar-refractivity contribution in [3.8, 4) is 0 Å². The van der Waals surface area contributed by atoms with E-state index in [1.807, 2.05) is 13.8 Å². The van der Waals surface area contributed by atoms with E-state index in [-0.39, 0.29) is 35.1 Å². The Morgan fingerprint density at radius 1 is 1.45 bits per heavy atom. The van der Waals surface area contributed by atoms with Crippen molar-refractivity contribution in [2.45, 2.75) is 26.8 Å². The zero-order valence-electron chi connectivity index (χ0n) is 12.0. The van der Waals surface area contributed by atoms with Gasteiger partial charge in [-0.2, -0.15) is 4.98 Å². The molecule has 1 rings (SSSR count). The average molecular weight is 284 g/mol. The molecule has 0 saturated heterocycles. The van der Waals surface area contributed by atoms with Gasteiger partial charge < -0.3 is 10.1 Å². The molecule has 0 amide bonds. The maximum atomic E-state index is 11.2. The Balaban J connectivity index is 3.19. The lowest BCUT2D eigenvalue weighted by Gasteiger charge is -2.22. The summed E-state index contributed by atoms with van der Waals surface area (Å²) in [5.74, 6) is 5.72. The number of aryl methyl sites for hydroxylation is 1. The van der Waals surface area contributed by atoms with Crippen molar-refractivity contribution < 1.29 is 9.66 Å². The van der Waals surface area contributed by atoms with Crippen molar-refractivity contribution in [2.75, 3.05) is 24.5 Å². The Morgan fingerprint density at radius 3 is 2.55 bits per heavy atom. The predicted octanol–water partition coefficient (Wildman–Crippen LogP) is 1.06. The van der Waals surface area contributed by atoms with Gasteiger partial charge in [0, 0.05) is 7.11 Å². The van der Waals surface area contributed by atoms with Crippen LogP contribution in [0.2, 0.25) is 0 Å². The van der Waals surface area contributed by atoms with E-state index in [9.17, 15) is 10.1 Å². The number of aromatic nitrogens is 2. The Morgan fingerprint density at radius 2 is 2.10 bits per heavy atom. The van der Waals surface area contributed by atoms with Gasteiger partial charge in [0.25, 0.3) is 0 Å². The van der Waals surface area contributed by atoms with Gasteiger partial charge in [0.05, 0.1) is 17.6 Å². The summed E-state index contributed by atoms with van der Waals surface area (Å²) < 4.78 is 5.11. The zero-order chi connectivity index (χ0) is 15.3. The van der Waals surface area contributed by atoms with Crippen LogP contribution in [0.15, 0.2) is 0 Å². The summed E-state index contributed by atoms with van der Waals surface area (Å²) in [5, 5.41) is 14.2. The lowest BCUT2D eigenvalue weighted by atomic mass is 10.1. The first kappa shape index (κ1) is 16.1. The highest BCUT2D eigenvalue weighted by atomic mass is 16.6. The molecule has 0 aliphatic carbocycles. The van der Waals surface area contributed by atoms with Crippen LogP contribution in [0.1, 0.15) is 19.5 Å². The maximum absolute atomic E-state index is 11.2. The van der Waals surface area contributed by atoms with Crippen LogP contribution in [0.5, 0.6) is 0 Å². The molecule has 20 heavy (non-hydrogen) atoms. The molecule has 0 aliphatic rings. The molecule has 0 bridgehead atoms. The molecule has 1 aromatic rings. The van der Waals surface area contributed by atoms with Gasteiger partial charge in [0.15, 0.2) is 0 Å². The molecule has 0 aliphatic heterocycles. The Labute approximate surface area is 117 Å². The standard InChI is InChI=1S/C11H20N6O3/c1-6(2)8(5-20-4)14-10-9(17(18)19)7(3)13-11(15-10)16-12/h6,8H,5,12H2,1-4H3,(H2,13,14,15,16). The van der Waals surface area contributed by atoms with Gasteiger partial charge in [-0.05, 0) is 12.8 Å². The third-order valence-electron chi connectivity index (χ3n) is 2.84. The number of nitrogens with one attached hydrogen (secondary N) is 2. The van der Waals surface area contributed by atoms with Crippen LogP contribution in [-0.2, 0) is 4.74 Å². The van der Waals surface area contributed by atoms with Gasteiger partial charge in [-0.25, -0.2) is 10.8 Å². The average Bonchev–Trinajstić information content (AvgIpc) is 2.36. The molecule has 0 aromatic carbocycles. The number of nitrogens with two attached hydrogens (primary N) is 1. The van der Waals surface area contributed by atoms with Crippen molar-refractivity contribution in [1.29, 1.82) is 0 Å². The van der Waals surface area contributed by atoms with Crippen molar-refractivity contribution in [2.24, 2.45) is 11.8 Å². The van der Waals surface area contributed by atoms with Crippen LogP contribution in [0, 0.1) is 23.0 Å². The second kappa shape index (κ2) is 6.96. The molecule has 1 heterocycles.